The van der Waals surface area contributed by atoms with Gasteiger partial charge in [0.1, 0.15) is 6.07 Å². The molecule has 0 amide bonds. The van der Waals surface area contributed by atoms with E-state index >= 15 is 0 Å². The summed E-state index contributed by atoms with van der Waals surface area (Å²) in [5, 5.41) is 33.0. The SMILES string of the molecule is C=C(Sc1ccccc1NCCC(=O)O)C(C#N)=C1C=C(C(C)=C2Sc3ccc(C)cc3N2CCC(=O)O)CC(C)(C)C1. The first-order chi connectivity index (χ1) is 20.4. The van der Waals surface area contributed by atoms with Crippen LogP contribution in [0.25, 0.3) is 0 Å². The number of hydrogen-bond donors (Lipinski definition) is 3. The standard InChI is InChI=1S/C34H37N3O4S2/c1-21-10-11-30-28(16-21)37(15-13-32(40)41)33(43-30)22(2)24-17-25(19-34(4,5)18-24)26(20-35)23(3)42-29-9-7-6-8-27(29)36-14-12-31(38)39/h6-11,16-17,36H,3,12-15,18-19H2,1-2,4-5H3,(H,38,39)(H,40,41). The fourth-order valence-corrected chi connectivity index (χ4v) is 7.49. The highest BCUT2D eigenvalue weighted by Gasteiger charge is 2.33. The number of hydrogen-bond acceptors (Lipinski definition) is 7. The zero-order valence-corrected chi connectivity index (χ0v) is 26.6. The predicted octanol–water partition coefficient (Wildman–Crippen LogP) is 8.37. The van der Waals surface area contributed by atoms with E-state index in [1.165, 1.54) is 11.8 Å². The third kappa shape index (κ3) is 7.95. The van der Waals surface area contributed by atoms with E-state index in [9.17, 15) is 20.0 Å². The van der Waals surface area contributed by atoms with Gasteiger partial charge in [0.05, 0.1) is 29.1 Å². The van der Waals surface area contributed by atoms with Crippen LogP contribution in [-0.2, 0) is 9.59 Å². The van der Waals surface area contributed by atoms with Crippen molar-refractivity contribution in [2.45, 2.75) is 63.2 Å². The molecule has 0 unspecified atom stereocenters. The summed E-state index contributed by atoms with van der Waals surface area (Å²) in [5.74, 6) is -1.70. The Morgan fingerprint density at radius 2 is 1.86 bits per heavy atom. The average Bonchev–Trinajstić information content (AvgIpc) is 3.29. The van der Waals surface area contributed by atoms with Gasteiger partial charge in [-0.2, -0.15) is 5.26 Å². The Kier molecular flexibility index (Phi) is 10.2. The Bertz CT molecular complexity index is 1600. The predicted molar refractivity (Wildman–Crippen MR) is 175 cm³/mol. The van der Waals surface area contributed by atoms with Crippen LogP contribution in [0.2, 0.25) is 0 Å². The summed E-state index contributed by atoms with van der Waals surface area (Å²) >= 11 is 3.06. The molecule has 0 saturated heterocycles. The van der Waals surface area contributed by atoms with Gasteiger partial charge in [-0.25, -0.2) is 0 Å². The minimum absolute atomic E-state index is 0.00165. The second-order valence-electron chi connectivity index (χ2n) is 11.6. The molecule has 1 aliphatic heterocycles. The van der Waals surface area contributed by atoms with E-state index in [1.54, 1.807) is 11.8 Å². The summed E-state index contributed by atoms with van der Waals surface area (Å²) < 4.78 is 0. The van der Waals surface area contributed by atoms with Crippen molar-refractivity contribution in [2.24, 2.45) is 5.41 Å². The lowest BCUT2D eigenvalue weighted by molar-refractivity contribution is -0.137. The molecule has 2 aromatic rings. The molecule has 0 aromatic heterocycles. The van der Waals surface area contributed by atoms with Crippen molar-refractivity contribution in [1.82, 2.24) is 0 Å². The van der Waals surface area contributed by atoms with E-state index in [0.717, 1.165) is 61.3 Å². The third-order valence-electron chi connectivity index (χ3n) is 7.38. The fourth-order valence-electron chi connectivity index (χ4n) is 5.35. The van der Waals surface area contributed by atoms with Crippen LogP contribution in [0, 0.1) is 23.7 Å². The van der Waals surface area contributed by atoms with Gasteiger partial charge < -0.3 is 20.4 Å². The van der Waals surface area contributed by atoms with Crippen molar-refractivity contribution in [3.8, 4) is 6.07 Å². The van der Waals surface area contributed by atoms with Gasteiger partial charge in [0, 0.05) is 33.5 Å². The van der Waals surface area contributed by atoms with Gasteiger partial charge >= 0.3 is 11.9 Å². The minimum atomic E-state index is -0.869. The molecule has 2 aliphatic rings. The van der Waals surface area contributed by atoms with Crippen molar-refractivity contribution < 1.29 is 19.8 Å². The van der Waals surface area contributed by atoms with E-state index < -0.39 is 11.9 Å². The maximum Gasteiger partial charge on any atom is 0.305 e. The smallest absolute Gasteiger partial charge is 0.305 e. The number of carboxylic acids is 2. The average molecular weight is 616 g/mol. The Labute approximate surface area is 262 Å². The number of anilines is 2. The quantitative estimate of drug-likeness (QED) is 0.169. The lowest BCUT2D eigenvalue weighted by Crippen LogP contribution is -2.24. The molecule has 2 aromatic carbocycles. The summed E-state index contributed by atoms with van der Waals surface area (Å²) in [5.41, 5.74) is 6.51. The zero-order valence-electron chi connectivity index (χ0n) is 25.0. The van der Waals surface area contributed by atoms with Gasteiger partial charge in [0.25, 0.3) is 0 Å². The van der Waals surface area contributed by atoms with Crippen LogP contribution in [0.3, 0.4) is 0 Å². The molecular weight excluding hydrogens is 579 g/mol. The summed E-state index contributed by atoms with van der Waals surface area (Å²) in [7, 11) is 0. The minimum Gasteiger partial charge on any atom is -0.481 e. The highest BCUT2D eigenvalue weighted by molar-refractivity contribution is 8.04. The Morgan fingerprint density at radius 1 is 1.14 bits per heavy atom. The number of rotatable bonds is 11. The number of nitrogens with zero attached hydrogens (tertiary/aromatic N) is 2. The fraction of sp³-hybridized carbons (Fsp3) is 0.324. The first-order valence-corrected chi connectivity index (χ1v) is 15.8. The monoisotopic (exact) mass is 615 g/mol. The van der Waals surface area contributed by atoms with E-state index in [1.807, 2.05) is 31.2 Å². The molecule has 0 fully saturated rings. The molecule has 0 spiro atoms. The number of fused-ring (bicyclic) bond motifs is 1. The number of nitriles is 1. The largest absolute Gasteiger partial charge is 0.481 e. The van der Waals surface area contributed by atoms with Crippen molar-refractivity contribution in [1.29, 1.82) is 5.26 Å². The number of para-hydroxylation sites is 1. The van der Waals surface area contributed by atoms with E-state index in [4.69, 9.17) is 5.11 Å². The molecule has 9 heteroatoms. The number of allylic oxidation sites excluding steroid dienone is 5. The lowest BCUT2D eigenvalue weighted by Gasteiger charge is -2.33. The second kappa shape index (κ2) is 13.6. The first-order valence-electron chi connectivity index (χ1n) is 14.1. The number of benzene rings is 2. The summed E-state index contributed by atoms with van der Waals surface area (Å²) in [6.45, 7) is 13.5. The number of aryl methyl sites for hydroxylation is 1. The Balaban J connectivity index is 1.70. The van der Waals surface area contributed by atoms with Gasteiger partial charge in [0.2, 0.25) is 0 Å². The second-order valence-corrected chi connectivity index (χ2v) is 13.8. The normalized spacial score (nSPS) is 17.8. The molecule has 4 rings (SSSR count). The molecule has 3 N–H and O–H groups in total. The number of nitrogens with one attached hydrogen (secondary N) is 1. The maximum absolute atomic E-state index is 11.5. The molecule has 1 aliphatic carbocycles. The number of carbonyl (C=O) groups is 2. The van der Waals surface area contributed by atoms with Crippen LogP contribution in [0.4, 0.5) is 11.4 Å². The van der Waals surface area contributed by atoms with Crippen LogP contribution < -0.4 is 10.2 Å². The van der Waals surface area contributed by atoms with Crippen LogP contribution in [0.15, 0.2) is 97.1 Å². The van der Waals surface area contributed by atoms with Crippen molar-refractivity contribution in [2.75, 3.05) is 23.3 Å². The van der Waals surface area contributed by atoms with Gasteiger partial charge in [-0.1, -0.05) is 68.2 Å². The molecule has 0 bridgehead atoms. The van der Waals surface area contributed by atoms with Crippen LogP contribution in [-0.4, -0.2) is 35.2 Å². The van der Waals surface area contributed by atoms with Crippen LogP contribution in [0.1, 0.15) is 52.0 Å². The number of thioether (sulfide) groups is 2. The maximum atomic E-state index is 11.5. The summed E-state index contributed by atoms with van der Waals surface area (Å²) in [6, 6.07) is 16.3. The number of carboxylic acid groups (broad SMARTS) is 2. The molecule has 43 heavy (non-hydrogen) atoms. The molecule has 0 saturated carbocycles. The summed E-state index contributed by atoms with van der Waals surface area (Å²) in [6.07, 6.45) is 3.70. The molecule has 224 valence electrons. The Morgan fingerprint density at radius 3 is 2.56 bits per heavy atom. The van der Waals surface area contributed by atoms with E-state index in [0.29, 0.717) is 23.6 Å². The van der Waals surface area contributed by atoms with Gasteiger partial charge in [-0.15, -0.1) is 0 Å². The van der Waals surface area contributed by atoms with Gasteiger partial charge in [-0.3, -0.25) is 9.59 Å². The van der Waals surface area contributed by atoms with E-state index in [-0.39, 0.29) is 18.3 Å². The molecule has 7 nitrogen and oxygen atoms in total. The first kappa shape index (κ1) is 32.1. The van der Waals surface area contributed by atoms with E-state index in [2.05, 4.69) is 67.9 Å². The topological polar surface area (TPSA) is 114 Å². The molecular formula is C34H37N3O4S2. The van der Waals surface area contributed by atoms with Gasteiger partial charge in [0.15, 0.2) is 0 Å². The highest BCUT2D eigenvalue weighted by Crippen LogP contribution is 2.51. The molecule has 0 atom stereocenters. The third-order valence-corrected chi connectivity index (χ3v) is 9.69. The Hall–Kier alpha value is -3.87. The highest BCUT2D eigenvalue weighted by atomic mass is 32.2. The van der Waals surface area contributed by atoms with Crippen molar-refractivity contribution in [3.63, 3.8) is 0 Å². The molecule has 0 radical (unpaired) electrons. The molecule has 1 heterocycles. The van der Waals surface area contributed by atoms with Crippen LogP contribution in [0.5, 0.6) is 0 Å². The van der Waals surface area contributed by atoms with Gasteiger partial charge in [-0.05, 0) is 78.7 Å². The zero-order chi connectivity index (χ0) is 31.3. The lowest BCUT2D eigenvalue weighted by atomic mass is 9.73. The van der Waals surface area contributed by atoms with Crippen molar-refractivity contribution >= 4 is 46.8 Å². The number of aliphatic carboxylic acids is 2. The summed E-state index contributed by atoms with van der Waals surface area (Å²) in [4.78, 5) is 27.2. The van der Waals surface area contributed by atoms with Crippen LogP contribution >= 0.6 is 23.5 Å². The van der Waals surface area contributed by atoms with Crippen molar-refractivity contribution in [3.05, 3.63) is 92.9 Å².